The molecule has 164 valence electrons. The predicted molar refractivity (Wildman–Crippen MR) is 128 cm³/mol. The minimum Gasteiger partial charge on any atom is -0.494 e. The van der Waals surface area contributed by atoms with Crippen molar-refractivity contribution in [3.63, 3.8) is 0 Å². The molecule has 4 aromatic rings. The number of carbonyl (C=O) groups is 1. The molecule has 1 N–H and O–H groups in total. The van der Waals surface area contributed by atoms with Crippen LogP contribution in [0, 0.1) is 0 Å². The number of para-hydroxylation sites is 3. The number of benzene rings is 3. The monoisotopic (exact) mass is 427 g/mol. The Labute approximate surface area is 189 Å². The second kappa shape index (κ2) is 11.1. The number of imidazole rings is 1. The molecule has 32 heavy (non-hydrogen) atoms. The fourth-order valence-corrected chi connectivity index (χ4v) is 3.80. The normalized spacial score (nSPS) is 10.9. The van der Waals surface area contributed by atoms with Gasteiger partial charge < -0.3 is 14.6 Å². The predicted octanol–water partition coefficient (Wildman–Crippen LogP) is 4.80. The largest absolute Gasteiger partial charge is 0.494 e. The summed E-state index contributed by atoms with van der Waals surface area (Å²) >= 11 is 0. The first kappa shape index (κ1) is 21.6. The molecule has 1 aromatic heterocycles. The number of carbonyl (C=O) groups excluding carboxylic acids is 1. The van der Waals surface area contributed by atoms with Crippen LogP contribution in [0.25, 0.3) is 11.0 Å². The van der Waals surface area contributed by atoms with E-state index in [4.69, 9.17) is 9.72 Å². The Kier molecular flexibility index (Phi) is 7.53. The van der Waals surface area contributed by atoms with Gasteiger partial charge in [0.2, 0.25) is 5.91 Å². The standard InChI is InChI=1S/C27H29N3O2/c31-27(17-16-22-10-3-1-4-11-22)28-19-18-26-29-24-14-7-8-15-25(24)30(26)20-9-21-32-23-12-5-2-6-13-23/h1-8,10-15H,9,16-21H2,(H,28,31). The minimum atomic E-state index is 0.0766. The SMILES string of the molecule is O=C(CCc1ccccc1)NCCc1nc2ccccc2n1CCCOc1ccccc1. The van der Waals surface area contributed by atoms with Crippen LogP contribution in [0.1, 0.15) is 24.2 Å². The second-order valence-corrected chi connectivity index (χ2v) is 7.77. The van der Waals surface area contributed by atoms with E-state index in [0.29, 0.717) is 26.0 Å². The van der Waals surface area contributed by atoms with Crippen LogP contribution in [-0.2, 0) is 24.2 Å². The maximum absolute atomic E-state index is 12.3. The summed E-state index contributed by atoms with van der Waals surface area (Å²) < 4.78 is 8.09. The Balaban J connectivity index is 1.30. The van der Waals surface area contributed by atoms with Crippen molar-refractivity contribution >= 4 is 16.9 Å². The molecule has 0 aliphatic heterocycles. The molecule has 0 fully saturated rings. The van der Waals surface area contributed by atoms with Crippen LogP contribution in [0.15, 0.2) is 84.9 Å². The van der Waals surface area contributed by atoms with E-state index in [2.05, 4.69) is 28.1 Å². The number of aryl methyl sites for hydroxylation is 2. The number of amides is 1. The molecule has 1 heterocycles. The molecular weight excluding hydrogens is 398 g/mol. The van der Waals surface area contributed by atoms with Gasteiger partial charge in [-0.3, -0.25) is 4.79 Å². The van der Waals surface area contributed by atoms with Gasteiger partial charge in [0.25, 0.3) is 0 Å². The third-order valence-corrected chi connectivity index (χ3v) is 5.43. The van der Waals surface area contributed by atoms with E-state index in [1.54, 1.807) is 0 Å². The Morgan fingerprint density at radius 1 is 0.875 bits per heavy atom. The summed E-state index contributed by atoms with van der Waals surface area (Å²) in [4.78, 5) is 17.1. The number of nitrogens with one attached hydrogen (secondary N) is 1. The lowest BCUT2D eigenvalue weighted by molar-refractivity contribution is -0.121. The molecule has 0 spiro atoms. The van der Waals surface area contributed by atoms with E-state index in [1.807, 2.05) is 66.7 Å². The average molecular weight is 428 g/mol. The molecule has 0 radical (unpaired) electrons. The van der Waals surface area contributed by atoms with Gasteiger partial charge in [-0.25, -0.2) is 4.98 Å². The molecule has 0 saturated heterocycles. The number of aromatic nitrogens is 2. The zero-order valence-corrected chi connectivity index (χ0v) is 18.2. The van der Waals surface area contributed by atoms with Gasteiger partial charge in [-0.15, -0.1) is 0 Å². The highest BCUT2D eigenvalue weighted by molar-refractivity contribution is 5.77. The van der Waals surface area contributed by atoms with E-state index in [1.165, 1.54) is 5.56 Å². The Hall–Kier alpha value is -3.60. The van der Waals surface area contributed by atoms with Gasteiger partial charge in [-0.2, -0.15) is 0 Å². The molecule has 4 rings (SSSR count). The van der Waals surface area contributed by atoms with Crippen molar-refractivity contribution in [2.45, 2.75) is 32.2 Å². The molecule has 3 aromatic carbocycles. The van der Waals surface area contributed by atoms with Crippen molar-refractivity contribution < 1.29 is 9.53 Å². The lowest BCUT2D eigenvalue weighted by Crippen LogP contribution is -2.26. The van der Waals surface area contributed by atoms with Crippen molar-refractivity contribution in [1.82, 2.24) is 14.9 Å². The van der Waals surface area contributed by atoms with Crippen molar-refractivity contribution in [3.8, 4) is 5.75 Å². The van der Waals surface area contributed by atoms with Crippen molar-refractivity contribution in [1.29, 1.82) is 0 Å². The molecule has 0 unspecified atom stereocenters. The smallest absolute Gasteiger partial charge is 0.220 e. The molecule has 0 aliphatic rings. The topological polar surface area (TPSA) is 56.2 Å². The van der Waals surface area contributed by atoms with Gasteiger partial charge in [0.1, 0.15) is 11.6 Å². The maximum atomic E-state index is 12.3. The average Bonchev–Trinajstić information content (AvgIpc) is 3.19. The first-order chi connectivity index (χ1) is 15.8. The molecule has 0 aliphatic carbocycles. The summed E-state index contributed by atoms with van der Waals surface area (Å²) in [5.74, 6) is 1.96. The van der Waals surface area contributed by atoms with E-state index in [9.17, 15) is 4.79 Å². The summed E-state index contributed by atoms with van der Waals surface area (Å²) in [5.41, 5.74) is 3.29. The Morgan fingerprint density at radius 2 is 1.59 bits per heavy atom. The number of hydrogen-bond donors (Lipinski definition) is 1. The highest BCUT2D eigenvalue weighted by Gasteiger charge is 2.11. The number of ether oxygens (including phenoxy) is 1. The quantitative estimate of drug-likeness (QED) is 0.350. The number of rotatable bonds is 11. The van der Waals surface area contributed by atoms with Crippen molar-refractivity contribution in [3.05, 3.63) is 96.3 Å². The molecule has 1 amide bonds. The van der Waals surface area contributed by atoms with Crippen molar-refractivity contribution in [2.24, 2.45) is 0 Å². The van der Waals surface area contributed by atoms with Crippen LogP contribution < -0.4 is 10.1 Å². The van der Waals surface area contributed by atoms with Gasteiger partial charge in [-0.1, -0.05) is 60.7 Å². The third kappa shape index (κ3) is 5.97. The zero-order valence-electron chi connectivity index (χ0n) is 18.2. The van der Waals surface area contributed by atoms with Gasteiger partial charge in [0.05, 0.1) is 17.6 Å². The summed E-state index contributed by atoms with van der Waals surface area (Å²) in [5, 5.41) is 3.04. The lowest BCUT2D eigenvalue weighted by Gasteiger charge is -2.11. The van der Waals surface area contributed by atoms with Crippen molar-refractivity contribution in [2.75, 3.05) is 13.2 Å². The Bertz CT molecular complexity index is 1120. The molecule has 0 atom stereocenters. The van der Waals surface area contributed by atoms with Crippen LogP contribution in [0.4, 0.5) is 0 Å². The fourth-order valence-electron chi connectivity index (χ4n) is 3.80. The first-order valence-corrected chi connectivity index (χ1v) is 11.2. The summed E-state index contributed by atoms with van der Waals surface area (Å²) in [6, 6.07) is 28.2. The minimum absolute atomic E-state index is 0.0766. The molecule has 5 nitrogen and oxygen atoms in total. The summed E-state index contributed by atoms with van der Waals surface area (Å²) in [6.45, 7) is 2.05. The molecule has 0 bridgehead atoms. The van der Waals surface area contributed by atoms with E-state index in [-0.39, 0.29) is 5.91 Å². The van der Waals surface area contributed by atoms with Gasteiger partial charge in [0, 0.05) is 25.9 Å². The summed E-state index contributed by atoms with van der Waals surface area (Å²) in [7, 11) is 0. The molecule has 0 saturated carbocycles. The van der Waals surface area contributed by atoms with Crippen LogP contribution in [0.3, 0.4) is 0 Å². The van der Waals surface area contributed by atoms with E-state index >= 15 is 0 Å². The van der Waals surface area contributed by atoms with E-state index < -0.39 is 0 Å². The molecular formula is C27H29N3O2. The second-order valence-electron chi connectivity index (χ2n) is 7.77. The highest BCUT2D eigenvalue weighted by atomic mass is 16.5. The lowest BCUT2D eigenvalue weighted by atomic mass is 10.1. The van der Waals surface area contributed by atoms with Gasteiger partial charge in [-0.05, 0) is 42.7 Å². The first-order valence-electron chi connectivity index (χ1n) is 11.2. The number of fused-ring (bicyclic) bond motifs is 1. The number of nitrogens with zero attached hydrogens (tertiary/aromatic N) is 2. The Morgan fingerprint density at radius 3 is 2.41 bits per heavy atom. The van der Waals surface area contributed by atoms with Crippen LogP contribution in [0.2, 0.25) is 0 Å². The van der Waals surface area contributed by atoms with E-state index in [0.717, 1.165) is 42.0 Å². The maximum Gasteiger partial charge on any atom is 0.220 e. The van der Waals surface area contributed by atoms with Gasteiger partial charge >= 0.3 is 0 Å². The third-order valence-electron chi connectivity index (χ3n) is 5.43. The van der Waals surface area contributed by atoms with Crippen LogP contribution in [0.5, 0.6) is 5.75 Å². The molecule has 5 heteroatoms. The number of hydrogen-bond acceptors (Lipinski definition) is 3. The van der Waals surface area contributed by atoms with Gasteiger partial charge in [0.15, 0.2) is 0 Å². The van der Waals surface area contributed by atoms with Crippen LogP contribution >= 0.6 is 0 Å². The highest BCUT2D eigenvalue weighted by Crippen LogP contribution is 2.17. The van der Waals surface area contributed by atoms with Crippen LogP contribution in [-0.4, -0.2) is 28.6 Å². The zero-order chi connectivity index (χ0) is 22.0. The summed E-state index contributed by atoms with van der Waals surface area (Å²) in [6.07, 6.45) is 2.83. The fraction of sp³-hybridized carbons (Fsp3) is 0.259.